The van der Waals surface area contributed by atoms with Crippen LogP contribution in [-0.4, -0.2) is 60.7 Å². The van der Waals surface area contributed by atoms with Crippen molar-refractivity contribution >= 4 is 38.7 Å². The lowest BCUT2D eigenvalue weighted by Crippen LogP contribution is -2.39. The molecule has 0 radical (unpaired) electrons. The molecule has 2 aromatic rings. The van der Waals surface area contributed by atoms with Gasteiger partial charge in [-0.2, -0.15) is 9.55 Å². The number of phosphoric ester groups is 1. The zero-order valence-corrected chi connectivity index (χ0v) is 21.1. The number of amides is 1. The van der Waals surface area contributed by atoms with E-state index in [1.807, 2.05) is 6.92 Å². The molecule has 2 unspecified atom stereocenters. The van der Waals surface area contributed by atoms with Gasteiger partial charge in [0.15, 0.2) is 0 Å². The summed E-state index contributed by atoms with van der Waals surface area (Å²) in [6.45, 7) is 1.01. The quantitative estimate of drug-likeness (QED) is 0.129. The number of nitrogens with one attached hydrogen (secondary N) is 2. The second-order valence-corrected chi connectivity index (χ2v) is 11.0. The van der Waals surface area contributed by atoms with Gasteiger partial charge >= 0.3 is 13.4 Å². The standard InChI is InChI=1S/C17H28N6O11P2/c1-3-4-5-11(24)19-6-9-10(7-32-36(30,31)34-35(27,28)29)33-16(13(9)25)23-8-22(2)12-14(23)20-17(18)21-15(12)26/h8-10,13,16,25H,3-7H2,1-2H3,(H6-,18,19,20,21,24,26,27,28,29,30,31)/t9-,10-,13-,16-/m1/s1. The number of unbranched alkanes of at least 4 members (excludes halogenated alkanes) is 1. The van der Waals surface area contributed by atoms with Crippen molar-refractivity contribution in [3.05, 3.63) is 16.7 Å². The maximum atomic E-state index is 12.3. The van der Waals surface area contributed by atoms with E-state index in [0.29, 0.717) is 6.42 Å². The molecule has 0 spiro atoms. The minimum absolute atomic E-state index is 0.0684. The number of aromatic amines is 1. The molecule has 1 aliphatic heterocycles. The molecule has 0 bridgehead atoms. The van der Waals surface area contributed by atoms with E-state index >= 15 is 0 Å². The number of imidazole rings is 1. The number of anilines is 1. The third kappa shape index (κ3) is 6.76. The maximum absolute atomic E-state index is 12.3. The average molecular weight is 554 g/mol. The van der Waals surface area contributed by atoms with Crippen molar-refractivity contribution in [2.24, 2.45) is 13.0 Å². The lowest BCUT2D eigenvalue weighted by atomic mass is 9.98. The number of carbonyl (C=O) groups excluding carboxylic acids is 1. The van der Waals surface area contributed by atoms with E-state index in [9.17, 15) is 33.6 Å². The Morgan fingerprint density at radius 1 is 1.44 bits per heavy atom. The summed E-state index contributed by atoms with van der Waals surface area (Å²) in [5, 5.41) is 13.7. The third-order valence-electron chi connectivity index (χ3n) is 5.49. The number of rotatable bonds is 11. The van der Waals surface area contributed by atoms with Gasteiger partial charge in [-0.15, -0.1) is 0 Å². The van der Waals surface area contributed by atoms with E-state index in [4.69, 9.17) is 15.4 Å². The van der Waals surface area contributed by atoms with Gasteiger partial charge in [-0.05, 0) is 6.42 Å². The minimum atomic E-state index is -5.60. The van der Waals surface area contributed by atoms with Gasteiger partial charge < -0.3 is 35.6 Å². The number of hydrogen-bond donors (Lipinski definition) is 6. The van der Waals surface area contributed by atoms with Gasteiger partial charge in [0.2, 0.25) is 24.4 Å². The summed E-state index contributed by atoms with van der Waals surface area (Å²) in [4.78, 5) is 60.0. The van der Waals surface area contributed by atoms with E-state index in [2.05, 4.69) is 24.1 Å². The molecular weight excluding hydrogens is 526 g/mol. The summed E-state index contributed by atoms with van der Waals surface area (Å²) >= 11 is 0. The van der Waals surface area contributed by atoms with Crippen LogP contribution in [0.1, 0.15) is 32.4 Å². The highest BCUT2D eigenvalue weighted by Gasteiger charge is 2.49. The van der Waals surface area contributed by atoms with E-state index in [-0.39, 0.29) is 36.0 Å². The number of nitrogen functional groups attached to an aromatic ring is 1. The van der Waals surface area contributed by atoms with Crippen LogP contribution in [0.5, 0.6) is 0 Å². The highest BCUT2D eigenvalue weighted by atomic mass is 31.3. The zero-order chi connectivity index (χ0) is 26.8. The van der Waals surface area contributed by atoms with Crippen LogP contribution < -0.4 is 26.1 Å². The molecule has 202 valence electrons. The Hall–Kier alpha value is -2.20. The summed E-state index contributed by atoms with van der Waals surface area (Å²) in [6.07, 6.45) is -0.661. The number of H-pyrrole nitrogens is 1. The average Bonchev–Trinajstić information content (AvgIpc) is 3.23. The zero-order valence-electron chi connectivity index (χ0n) is 19.3. The van der Waals surface area contributed by atoms with Crippen LogP contribution in [0.2, 0.25) is 0 Å². The summed E-state index contributed by atoms with van der Waals surface area (Å²) in [5.41, 5.74) is 5.30. The minimum Gasteiger partial charge on any atom is -0.756 e. The molecule has 6 atom stereocenters. The predicted molar refractivity (Wildman–Crippen MR) is 119 cm³/mol. The topological polar surface area (TPSA) is 255 Å². The SMILES string of the molecule is CCCCC(=O)NC[C@H]1[C@@H](O)[C@H](n2c[n+](C)c3c(=O)[nH]c(N)nc32)O[C@@H]1COP(=O)(O)OP(=O)([O-])O. The van der Waals surface area contributed by atoms with Gasteiger partial charge in [0.1, 0.15) is 6.10 Å². The Morgan fingerprint density at radius 2 is 2.14 bits per heavy atom. The smallest absolute Gasteiger partial charge is 0.478 e. The molecule has 19 heteroatoms. The summed E-state index contributed by atoms with van der Waals surface area (Å²) in [7, 11) is -9.32. The number of nitrogens with zero attached hydrogens (tertiary/aromatic N) is 3. The molecule has 1 aliphatic rings. The highest BCUT2D eigenvalue weighted by molar-refractivity contribution is 7.60. The molecule has 3 heterocycles. The Labute approximate surface area is 204 Å². The van der Waals surface area contributed by atoms with Crippen molar-refractivity contribution in [3.63, 3.8) is 0 Å². The Balaban J connectivity index is 1.88. The number of aryl methyl sites for hydroxylation is 1. The van der Waals surface area contributed by atoms with Crippen LogP contribution in [-0.2, 0) is 34.5 Å². The van der Waals surface area contributed by atoms with Crippen molar-refractivity contribution in [3.8, 4) is 0 Å². The second kappa shape index (κ2) is 11.0. The number of ether oxygens (including phenoxy) is 1. The van der Waals surface area contributed by atoms with E-state index < -0.39 is 52.2 Å². The molecule has 2 aromatic heterocycles. The fourth-order valence-electron chi connectivity index (χ4n) is 3.87. The molecule has 17 nitrogen and oxygen atoms in total. The van der Waals surface area contributed by atoms with E-state index in [1.165, 1.54) is 15.5 Å². The molecule has 0 aliphatic carbocycles. The summed E-state index contributed by atoms with van der Waals surface area (Å²) in [6, 6.07) is 0. The molecule has 36 heavy (non-hydrogen) atoms. The molecule has 0 saturated carbocycles. The van der Waals surface area contributed by atoms with Gasteiger partial charge in [-0.3, -0.25) is 23.7 Å². The van der Waals surface area contributed by atoms with Crippen molar-refractivity contribution < 1.29 is 51.8 Å². The van der Waals surface area contributed by atoms with Gasteiger partial charge in [-0.25, -0.2) is 13.4 Å². The number of phosphoric acid groups is 2. The van der Waals surface area contributed by atoms with Crippen LogP contribution in [0.3, 0.4) is 0 Å². The Kier molecular flexibility index (Phi) is 8.70. The van der Waals surface area contributed by atoms with Gasteiger partial charge in [-0.1, -0.05) is 13.3 Å². The van der Waals surface area contributed by atoms with Crippen LogP contribution in [0.4, 0.5) is 5.95 Å². The van der Waals surface area contributed by atoms with E-state index in [0.717, 1.165) is 6.42 Å². The van der Waals surface area contributed by atoms with Crippen molar-refractivity contribution in [1.82, 2.24) is 19.9 Å². The fraction of sp³-hybridized carbons (Fsp3) is 0.647. The highest BCUT2D eigenvalue weighted by Crippen LogP contribution is 2.56. The molecule has 0 aromatic carbocycles. The van der Waals surface area contributed by atoms with Crippen LogP contribution in [0, 0.1) is 5.92 Å². The first-order chi connectivity index (χ1) is 16.7. The second-order valence-electron chi connectivity index (χ2n) is 8.20. The number of fused-ring (bicyclic) bond motifs is 1. The normalized spacial score (nSPS) is 25.5. The fourth-order valence-corrected chi connectivity index (χ4v) is 5.44. The maximum Gasteiger partial charge on any atom is 0.478 e. The lowest BCUT2D eigenvalue weighted by Gasteiger charge is -2.23. The molecule has 1 fully saturated rings. The first kappa shape index (κ1) is 28.4. The number of nitrogens with two attached hydrogens (primary N) is 1. The van der Waals surface area contributed by atoms with Gasteiger partial charge in [0, 0.05) is 18.9 Å². The number of aliphatic hydroxyl groups excluding tert-OH is 1. The summed E-state index contributed by atoms with van der Waals surface area (Å²) in [5.74, 6) is -1.41. The largest absolute Gasteiger partial charge is 0.756 e. The Bertz CT molecular complexity index is 1260. The first-order valence-corrected chi connectivity index (χ1v) is 13.8. The van der Waals surface area contributed by atoms with E-state index in [1.54, 1.807) is 7.05 Å². The van der Waals surface area contributed by atoms with Gasteiger partial charge in [0.25, 0.3) is 19.0 Å². The van der Waals surface area contributed by atoms with Crippen LogP contribution in [0.25, 0.3) is 11.2 Å². The number of hydrogen-bond acceptors (Lipinski definition) is 11. The van der Waals surface area contributed by atoms with Crippen LogP contribution >= 0.6 is 15.6 Å². The number of carbonyl (C=O) groups is 1. The third-order valence-corrected chi connectivity index (χ3v) is 7.61. The summed E-state index contributed by atoms with van der Waals surface area (Å²) < 4.78 is 39.6. The van der Waals surface area contributed by atoms with Crippen LogP contribution in [0.15, 0.2) is 11.1 Å². The number of aliphatic hydroxyl groups is 1. The molecular formula is C17H28N6O11P2. The van der Waals surface area contributed by atoms with Crippen molar-refractivity contribution in [2.75, 3.05) is 18.9 Å². The number of aromatic nitrogens is 4. The Morgan fingerprint density at radius 3 is 2.78 bits per heavy atom. The molecule has 3 rings (SSSR count). The predicted octanol–water partition coefficient (Wildman–Crippen LogP) is -2.09. The monoisotopic (exact) mass is 554 g/mol. The molecule has 7 N–H and O–H groups in total. The molecule has 1 saturated heterocycles. The first-order valence-electron chi connectivity index (χ1n) is 10.8. The lowest BCUT2D eigenvalue weighted by molar-refractivity contribution is -0.646. The van der Waals surface area contributed by atoms with Crippen molar-refractivity contribution in [2.45, 2.75) is 44.6 Å². The van der Waals surface area contributed by atoms with Crippen molar-refractivity contribution in [1.29, 1.82) is 0 Å². The molecule has 1 amide bonds. The van der Waals surface area contributed by atoms with Gasteiger partial charge in [0.05, 0.1) is 19.8 Å².